The van der Waals surface area contributed by atoms with Crippen molar-refractivity contribution in [2.24, 2.45) is 0 Å². The predicted molar refractivity (Wildman–Crippen MR) is 54.4 cm³/mol. The van der Waals surface area contributed by atoms with E-state index in [0.29, 0.717) is 0 Å². The van der Waals surface area contributed by atoms with Crippen molar-refractivity contribution in [1.82, 2.24) is 14.0 Å². The van der Waals surface area contributed by atoms with E-state index in [0.717, 1.165) is 5.52 Å². The SMILES string of the molecule is CC(C)(C)n1cc2ccncn2c1=O. The highest BCUT2D eigenvalue weighted by Gasteiger charge is 2.16. The fourth-order valence-electron chi connectivity index (χ4n) is 1.42. The lowest BCUT2D eigenvalue weighted by atomic mass is 10.1. The molecule has 0 aliphatic rings. The van der Waals surface area contributed by atoms with Gasteiger partial charge in [0.15, 0.2) is 0 Å². The van der Waals surface area contributed by atoms with Crippen molar-refractivity contribution in [2.75, 3.05) is 0 Å². The Labute approximate surface area is 81.8 Å². The summed E-state index contributed by atoms with van der Waals surface area (Å²) in [6, 6.07) is 1.82. The maximum Gasteiger partial charge on any atom is 0.334 e. The quantitative estimate of drug-likeness (QED) is 0.628. The summed E-state index contributed by atoms with van der Waals surface area (Å²) in [7, 11) is 0. The summed E-state index contributed by atoms with van der Waals surface area (Å²) < 4.78 is 3.26. The van der Waals surface area contributed by atoms with Crippen molar-refractivity contribution in [2.45, 2.75) is 26.3 Å². The van der Waals surface area contributed by atoms with Gasteiger partial charge < -0.3 is 0 Å². The molecule has 0 atom stereocenters. The van der Waals surface area contributed by atoms with Crippen molar-refractivity contribution in [1.29, 1.82) is 0 Å². The van der Waals surface area contributed by atoms with Crippen LogP contribution in [0.5, 0.6) is 0 Å². The molecule has 2 rings (SSSR count). The van der Waals surface area contributed by atoms with E-state index >= 15 is 0 Å². The van der Waals surface area contributed by atoms with Gasteiger partial charge in [0.05, 0.1) is 5.52 Å². The van der Waals surface area contributed by atoms with Gasteiger partial charge in [-0.2, -0.15) is 0 Å². The average molecular weight is 191 g/mol. The fourth-order valence-corrected chi connectivity index (χ4v) is 1.42. The first-order chi connectivity index (χ1) is 6.50. The zero-order valence-corrected chi connectivity index (χ0v) is 8.56. The van der Waals surface area contributed by atoms with Crippen LogP contribution in [-0.4, -0.2) is 14.0 Å². The van der Waals surface area contributed by atoms with Gasteiger partial charge in [-0.25, -0.2) is 9.78 Å². The summed E-state index contributed by atoms with van der Waals surface area (Å²) in [5.41, 5.74) is 0.642. The standard InChI is InChI=1S/C10H13N3O/c1-10(2,3)13-6-8-4-5-11-7-12(8)9(13)14/h4-7H,1-3H3. The van der Waals surface area contributed by atoms with E-state index in [9.17, 15) is 4.79 Å². The smallest absolute Gasteiger partial charge is 0.293 e. The molecule has 0 aliphatic heterocycles. The zero-order valence-electron chi connectivity index (χ0n) is 8.56. The lowest BCUT2D eigenvalue weighted by Gasteiger charge is -2.18. The topological polar surface area (TPSA) is 39.3 Å². The second-order valence-electron chi connectivity index (χ2n) is 4.33. The van der Waals surface area contributed by atoms with Gasteiger partial charge >= 0.3 is 5.69 Å². The molecule has 0 N–H and O–H groups in total. The maximum atomic E-state index is 11.9. The molecular formula is C10H13N3O. The Morgan fingerprint density at radius 2 is 2.07 bits per heavy atom. The average Bonchev–Trinajstić information content (AvgIpc) is 2.44. The molecule has 4 heteroatoms. The second-order valence-corrected chi connectivity index (χ2v) is 4.33. The number of hydrogen-bond acceptors (Lipinski definition) is 2. The van der Waals surface area contributed by atoms with Crippen molar-refractivity contribution in [3.63, 3.8) is 0 Å². The number of imidazole rings is 1. The Bertz CT molecular complexity index is 516. The molecule has 0 amide bonds. The molecule has 0 saturated carbocycles. The minimum atomic E-state index is -0.191. The van der Waals surface area contributed by atoms with Crippen LogP contribution in [0.15, 0.2) is 29.6 Å². The number of rotatable bonds is 0. The predicted octanol–water partition coefficient (Wildman–Crippen LogP) is 1.25. The molecule has 2 aromatic heterocycles. The largest absolute Gasteiger partial charge is 0.334 e. The van der Waals surface area contributed by atoms with Gasteiger partial charge in [-0.05, 0) is 26.8 Å². The second kappa shape index (κ2) is 2.70. The third-order valence-corrected chi connectivity index (χ3v) is 2.19. The highest BCUT2D eigenvalue weighted by molar-refractivity contribution is 5.43. The Morgan fingerprint density at radius 1 is 1.36 bits per heavy atom. The van der Waals surface area contributed by atoms with Gasteiger partial charge in [0.25, 0.3) is 0 Å². The molecule has 0 unspecified atom stereocenters. The normalized spacial score (nSPS) is 12.2. The summed E-state index contributed by atoms with van der Waals surface area (Å²) in [5.74, 6) is 0. The number of nitrogens with zero attached hydrogens (tertiary/aromatic N) is 3. The van der Waals surface area contributed by atoms with Crippen molar-refractivity contribution in [3.05, 3.63) is 35.3 Å². The van der Waals surface area contributed by atoms with E-state index in [2.05, 4.69) is 4.98 Å². The molecule has 0 spiro atoms. The molecule has 14 heavy (non-hydrogen) atoms. The van der Waals surface area contributed by atoms with E-state index in [1.165, 1.54) is 0 Å². The van der Waals surface area contributed by atoms with Crippen LogP contribution in [0, 0.1) is 0 Å². The molecule has 2 aromatic rings. The maximum absolute atomic E-state index is 11.9. The zero-order chi connectivity index (χ0) is 10.3. The van der Waals surface area contributed by atoms with Gasteiger partial charge in [0, 0.05) is 17.9 Å². The van der Waals surface area contributed by atoms with Crippen LogP contribution in [0.2, 0.25) is 0 Å². The van der Waals surface area contributed by atoms with Gasteiger partial charge in [0.1, 0.15) is 6.33 Å². The monoisotopic (exact) mass is 191 g/mol. The molecule has 0 aromatic carbocycles. The van der Waals surface area contributed by atoms with E-state index in [1.807, 2.05) is 33.0 Å². The minimum Gasteiger partial charge on any atom is -0.293 e. The van der Waals surface area contributed by atoms with Gasteiger partial charge in [0.2, 0.25) is 0 Å². The number of aromatic nitrogens is 3. The molecule has 0 aliphatic carbocycles. The van der Waals surface area contributed by atoms with Gasteiger partial charge in [-0.15, -0.1) is 0 Å². The first-order valence-electron chi connectivity index (χ1n) is 4.54. The molecule has 2 heterocycles. The number of hydrogen-bond donors (Lipinski definition) is 0. The fraction of sp³-hybridized carbons (Fsp3) is 0.400. The minimum absolute atomic E-state index is 0.0411. The highest BCUT2D eigenvalue weighted by atomic mass is 16.1. The summed E-state index contributed by atoms with van der Waals surface area (Å²) in [6.07, 6.45) is 5.08. The molecule has 74 valence electrons. The molecular weight excluding hydrogens is 178 g/mol. The van der Waals surface area contributed by atoms with Crippen molar-refractivity contribution in [3.8, 4) is 0 Å². The van der Waals surface area contributed by atoms with Crippen LogP contribution >= 0.6 is 0 Å². The molecule has 0 bridgehead atoms. The van der Waals surface area contributed by atoms with Crippen LogP contribution in [0.1, 0.15) is 20.8 Å². The first kappa shape index (κ1) is 8.99. The third kappa shape index (κ3) is 1.23. The first-order valence-corrected chi connectivity index (χ1v) is 4.54. The van der Waals surface area contributed by atoms with E-state index in [4.69, 9.17) is 0 Å². The Hall–Kier alpha value is -1.58. The Balaban J connectivity index is 2.82. The highest BCUT2D eigenvalue weighted by Crippen LogP contribution is 2.12. The Morgan fingerprint density at radius 3 is 2.64 bits per heavy atom. The van der Waals surface area contributed by atoms with E-state index in [1.54, 1.807) is 21.5 Å². The summed E-state index contributed by atoms with van der Waals surface area (Å²) in [6.45, 7) is 6.00. The van der Waals surface area contributed by atoms with Gasteiger partial charge in [-0.1, -0.05) is 0 Å². The van der Waals surface area contributed by atoms with Crippen LogP contribution in [0.3, 0.4) is 0 Å². The van der Waals surface area contributed by atoms with Gasteiger partial charge in [-0.3, -0.25) is 8.97 Å². The third-order valence-electron chi connectivity index (χ3n) is 2.19. The lowest BCUT2D eigenvalue weighted by molar-refractivity contribution is 0.384. The molecule has 0 fully saturated rings. The molecule has 0 radical (unpaired) electrons. The number of fused-ring (bicyclic) bond motifs is 1. The van der Waals surface area contributed by atoms with E-state index < -0.39 is 0 Å². The Kier molecular flexibility index (Phi) is 1.74. The summed E-state index contributed by atoms with van der Waals surface area (Å²) in [4.78, 5) is 15.8. The van der Waals surface area contributed by atoms with Crippen LogP contribution < -0.4 is 5.69 Å². The molecule has 0 saturated heterocycles. The van der Waals surface area contributed by atoms with Crippen LogP contribution in [0.4, 0.5) is 0 Å². The summed E-state index contributed by atoms with van der Waals surface area (Å²) >= 11 is 0. The van der Waals surface area contributed by atoms with Crippen molar-refractivity contribution >= 4 is 5.52 Å². The van der Waals surface area contributed by atoms with Crippen LogP contribution in [-0.2, 0) is 5.54 Å². The van der Waals surface area contributed by atoms with E-state index in [-0.39, 0.29) is 11.2 Å². The van der Waals surface area contributed by atoms with Crippen molar-refractivity contribution < 1.29 is 0 Å². The lowest BCUT2D eigenvalue weighted by Crippen LogP contribution is -2.32. The van der Waals surface area contributed by atoms with Crippen LogP contribution in [0.25, 0.3) is 5.52 Å². The summed E-state index contributed by atoms with van der Waals surface area (Å²) in [5, 5.41) is 0. The molecule has 4 nitrogen and oxygen atoms in total.